The lowest BCUT2D eigenvalue weighted by atomic mass is 10.1. The van der Waals surface area contributed by atoms with Crippen LogP contribution in [0.4, 0.5) is 5.69 Å². The van der Waals surface area contributed by atoms with Gasteiger partial charge in [0.25, 0.3) is 0 Å². The van der Waals surface area contributed by atoms with E-state index in [-0.39, 0.29) is 0 Å². The summed E-state index contributed by atoms with van der Waals surface area (Å²) in [5.74, 6) is 0. The Kier molecular flexibility index (Phi) is 5.28. The second kappa shape index (κ2) is 7.18. The van der Waals surface area contributed by atoms with Crippen molar-refractivity contribution < 1.29 is 0 Å². The topological polar surface area (TPSA) is 28.2 Å². The summed E-state index contributed by atoms with van der Waals surface area (Å²) in [6, 6.07) is 12.3. The number of hydrogen-bond acceptors (Lipinski definition) is 2. The summed E-state index contributed by atoms with van der Waals surface area (Å²) in [6.45, 7) is 5.02. The molecule has 21 heavy (non-hydrogen) atoms. The van der Waals surface area contributed by atoms with E-state index in [0.29, 0.717) is 0 Å². The van der Waals surface area contributed by atoms with Crippen molar-refractivity contribution in [3.8, 4) is 0 Å². The molecule has 0 unspecified atom stereocenters. The highest BCUT2D eigenvalue weighted by Crippen LogP contribution is 2.14. The minimum atomic E-state index is 0.732. The number of aryl methyl sites for hydroxylation is 2. The van der Waals surface area contributed by atoms with Gasteiger partial charge in [-0.2, -0.15) is 0 Å². The minimum absolute atomic E-state index is 0.732. The quantitative estimate of drug-likeness (QED) is 0.874. The Hall–Kier alpha value is -1.94. The molecule has 3 nitrogen and oxygen atoms in total. The van der Waals surface area contributed by atoms with Gasteiger partial charge in [-0.15, -0.1) is 0 Å². The average Bonchev–Trinajstić information content (AvgIpc) is 2.44. The lowest BCUT2D eigenvalue weighted by molar-refractivity contribution is 0.512. The standard InChI is InChI=1S/C17H21N3S/c1-13-10-14(2)12-16(11-13)19-17(21)20(3)9-7-15-6-4-5-8-18-15/h4-6,8,10-12H,7,9H2,1-3H3,(H,19,21). The van der Waals surface area contributed by atoms with E-state index >= 15 is 0 Å². The fourth-order valence-electron chi connectivity index (χ4n) is 2.20. The highest BCUT2D eigenvalue weighted by Gasteiger charge is 2.06. The Balaban J connectivity index is 1.90. The molecular formula is C17H21N3S. The third-order valence-electron chi connectivity index (χ3n) is 3.25. The van der Waals surface area contributed by atoms with Crippen LogP contribution in [0, 0.1) is 13.8 Å². The third-order valence-corrected chi connectivity index (χ3v) is 3.66. The molecular weight excluding hydrogens is 278 g/mol. The van der Waals surface area contributed by atoms with Crippen molar-refractivity contribution in [2.45, 2.75) is 20.3 Å². The van der Waals surface area contributed by atoms with Gasteiger partial charge in [-0.1, -0.05) is 12.1 Å². The normalized spacial score (nSPS) is 10.2. The molecule has 2 rings (SSSR count). The summed E-state index contributed by atoms with van der Waals surface area (Å²) in [6.07, 6.45) is 2.70. The zero-order chi connectivity index (χ0) is 15.2. The predicted molar refractivity (Wildman–Crippen MR) is 92.7 cm³/mol. The molecule has 1 aromatic carbocycles. The molecule has 4 heteroatoms. The van der Waals surface area contributed by atoms with Gasteiger partial charge in [-0.25, -0.2) is 0 Å². The van der Waals surface area contributed by atoms with Crippen LogP contribution in [0.15, 0.2) is 42.6 Å². The van der Waals surface area contributed by atoms with Gasteiger partial charge in [-0.3, -0.25) is 4.98 Å². The molecule has 1 aromatic heterocycles. The van der Waals surface area contributed by atoms with Crippen LogP contribution in [0.3, 0.4) is 0 Å². The highest BCUT2D eigenvalue weighted by atomic mass is 32.1. The van der Waals surface area contributed by atoms with E-state index in [2.05, 4.69) is 42.3 Å². The third kappa shape index (κ3) is 4.83. The summed E-state index contributed by atoms with van der Waals surface area (Å²) in [4.78, 5) is 6.37. The average molecular weight is 299 g/mol. The van der Waals surface area contributed by atoms with Gasteiger partial charge in [0.1, 0.15) is 0 Å². The van der Waals surface area contributed by atoms with E-state index in [1.54, 1.807) is 0 Å². The van der Waals surface area contributed by atoms with E-state index in [9.17, 15) is 0 Å². The monoisotopic (exact) mass is 299 g/mol. The number of nitrogens with zero attached hydrogens (tertiary/aromatic N) is 2. The number of benzene rings is 1. The number of hydrogen-bond donors (Lipinski definition) is 1. The maximum Gasteiger partial charge on any atom is 0.173 e. The van der Waals surface area contributed by atoms with Crippen LogP contribution >= 0.6 is 12.2 Å². The molecule has 0 fully saturated rings. The summed E-state index contributed by atoms with van der Waals surface area (Å²) >= 11 is 5.46. The Morgan fingerprint density at radius 1 is 1.19 bits per heavy atom. The van der Waals surface area contributed by atoms with Crippen LogP contribution in [-0.2, 0) is 6.42 Å². The molecule has 0 spiro atoms. The van der Waals surface area contributed by atoms with Gasteiger partial charge in [0.05, 0.1) is 0 Å². The molecule has 0 saturated carbocycles. The second-order valence-electron chi connectivity index (χ2n) is 5.30. The van der Waals surface area contributed by atoms with E-state index in [1.807, 2.05) is 36.3 Å². The van der Waals surface area contributed by atoms with Gasteiger partial charge in [0, 0.05) is 37.6 Å². The molecule has 2 aromatic rings. The maximum atomic E-state index is 5.46. The number of pyridine rings is 1. The van der Waals surface area contributed by atoms with Crippen LogP contribution in [0.2, 0.25) is 0 Å². The summed E-state index contributed by atoms with van der Waals surface area (Å²) in [7, 11) is 2.00. The lowest BCUT2D eigenvalue weighted by Gasteiger charge is -2.21. The molecule has 0 bridgehead atoms. The molecule has 0 aliphatic heterocycles. The number of likely N-dealkylation sites (N-methyl/N-ethyl adjacent to an activating group) is 1. The molecule has 0 aliphatic carbocycles. The second-order valence-corrected chi connectivity index (χ2v) is 5.69. The van der Waals surface area contributed by atoms with Gasteiger partial charge in [-0.05, 0) is 61.5 Å². The van der Waals surface area contributed by atoms with Crippen molar-refractivity contribution in [2.75, 3.05) is 18.9 Å². The van der Waals surface area contributed by atoms with Gasteiger partial charge in [0.2, 0.25) is 0 Å². The van der Waals surface area contributed by atoms with Crippen LogP contribution in [0.5, 0.6) is 0 Å². The smallest absolute Gasteiger partial charge is 0.173 e. The Morgan fingerprint density at radius 3 is 2.52 bits per heavy atom. The first-order valence-electron chi connectivity index (χ1n) is 7.05. The molecule has 1 N–H and O–H groups in total. The number of nitrogens with one attached hydrogen (secondary N) is 1. The fraction of sp³-hybridized carbons (Fsp3) is 0.294. The molecule has 1 heterocycles. The Morgan fingerprint density at radius 2 is 1.90 bits per heavy atom. The largest absolute Gasteiger partial charge is 0.352 e. The minimum Gasteiger partial charge on any atom is -0.352 e. The van der Waals surface area contributed by atoms with Crippen molar-refractivity contribution in [3.05, 3.63) is 59.4 Å². The molecule has 0 radical (unpaired) electrons. The first-order chi connectivity index (χ1) is 10.0. The zero-order valence-corrected chi connectivity index (χ0v) is 13.6. The zero-order valence-electron chi connectivity index (χ0n) is 12.8. The number of aromatic nitrogens is 1. The van der Waals surface area contributed by atoms with Crippen LogP contribution in [0.25, 0.3) is 0 Å². The Labute approximate surface area is 132 Å². The van der Waals surface area contributed by atoms with Gasteiger partial charge in [0.15, 0.2) is 5.11 Å². The van der Waals surface area contributed by atoms with Gasteiger partial charge < -0.3 is 10.2 Å². The number of rotatable bonds is 4. The van der Waals surface area contributed by atoms with Gasteiger partial charge >= 0.3 is 0 Å². The maximum absolute atomic E-state index is 5.46. The predicted octanol–water partition coefficient (Wildman–Crippen LogP) is 3.57. The first kappa shape index (κ1) is 15.4. The van der Waals surface area contributed by atoms with Crippen molar-refractivity contribution in [1.29, 1.82) is 0 Å². The molecule has 0 aliphatic rings. The Bertz CT molecular complexity index is 590. The van der Waals surface area contributed by atoms with Crippen LogP contribution < -0.4 is 5.32 Å². The van der Waals surface area contributed by atoms with E-state index in [4.69, 9.17) is 12.2 Å². The van der Waals surface area contributed by atoms with Crippen LogP contribution in [-0.4, -0.2) is 28.6 Å². The summed E-state index contributed by atoms with van der Waals surface area (Å²) in [5, 5.41) is 4.03. The molecule has 0 atom stereocenters. The summed E-state index contributed by atoms with van der Waals surface area (Å²) in [5.41, 5.74) is 4.59. The van der Waals surface area contributed by atoms with Crippen molar-refractivity contribution >= 4 is 23.0 Å². The van der Waals surface area contributed by atoms with Crippen molar-refractivity contribution in [1.82, 2.24) is 9.88 Å². The van der Waals surface area contributed by atoms with Crippen LogP contribution in [0.1, 0.15) is 16.8 Å². The SMILES string of the molecule is Cc1cc(C)cc(NC(=S)N(C)CCc2ccccn2)c1. The van der Waals surface area contributed by atoms with E-state index in [1.165, 1.54) is 11.1 Å². The first-order valence-corrected chi connectivity index (χ1v) is 7.46. The number of anilines is 1. The summed E-state index contributed by atoms with van der Waals surface area (Å²) < 4.78 is 0. The van der Waals surface area contributed by atoms with Crippen molar-refractivity contribution in [2.24, 2.45) is 0 Å². The van der Waals surface area contributed by atoms with E-state index < -0.39 is 0 Å². The fourth-order valence-corrected chi connectivity index (χ4v) is 2.40. The number of thiocarbonyl (C=S) groups is 1. The highest BCUT2D eigenvalue weighted by molar-refractivity contribution is 7.80. The van der Waals surface area contributed by atoms with Crippen molar-refractivity contribution in [3.63, 3.8) is 0 Å². The lowest BCUT2D eigenvalue weighted by Crippen LogP contribution is -2.32. The molecule has 0 amide bonds. The molecule has 0 saturated heterocycles. The molecule has 110 valence electrons. The van der Waals surface area contributed by atoms with E-state index in [0.717, 1.165) is 29.5 Å².